The third-order valence-corrected chi connectivity index (χ3v) is 11.5. The number of amides is 1. The predicted octanol–water partition coefficient (Wildman–Crippen LogP) is 6.41. The minimum Gasteiger partial charge on any atom is -0.475 e. The van der Waals surface area contributed by atoms with Crippen LogP contribution in [0, 0.1) is 11.6 Å². The zero-order valence-electron chi connectivity index (χ0n) is 30.7. The van der Waals surface area contributed by atoms with E-state index in [2.05, 4.69) is 14.8 Å². The summed E-state index contributed by atoms with van der Waals surface area (Å²) in [4.78, 5) is 33.8. The van der Waals surface area contributed by atoms with E-state index in [4.69, 9.17) is 33.7 Å². The number of rotatable bonds is 7. The first-order chi connectivity index (χ1) is 25.9. The molecule has 4 aromatic rings. The number of fused-ring (bicyclic) bond motifs is 7. The Bertz CT molecular complexity index is 2150. The highest BCUT2D eigenvalue weighted by Crippen LogP contribution is 2.47. The van der Waals surface area contributed by atoms with Gasteiger partial charge in [0, 0.05) is 37.6 Å². The molecule has 0 radical (unpaired) electrons. The summed E-state index contributed by atoms with van der Waals surface area (Å²) in [6.07, 6.45) is 2.13. The van der Waals surface area contributed by atoms with Gasteiger partial charge in [-0.15, -0.1) is 0 Å². The number of nitrogens with zero attached hydrogens (tertiary/aromatic N) is 6. The third kappa shape index (κ3) is 5.81. The van der Waals surface area contributed by atoms with Crippen molar-refractivity contribution in [2.75, 3.05) is 51.7 Å². The lowest BCUT2D eigenvalue weighted by molar-refractivity contribution is 0.00537. The number of piperazine rings is 1. The number of anilines is 1. The summed E-state index contributed by atoms with van der Waals surface area (Å²) in [5.41, 5.74) is -1.35. The second kappa shape index (κ2) is 13.0. The van der Waals surface area contributed by atoms with Crippen molar-refractivity contribution in [1.82, 2.24) is 24.8 Å². The third-order valence-electron chi connectivity index (χ3n) is 11.5. The number of halogens is 3. The molecule has 2 aromatic heterocycles. The number of carbonyl (C=O) groups is 1. The number of aromatic nitrogens is 3. The number of pyridine rings is 1. The molecular weight excluding hydrogens is 705 g/mol. The SMILES string of the molecule is COCOc1cc(-c2nc3c4c(nc(OC[C@]56CCCN5C[C@H](F)C6)nc4c2F)N2C[C@@H]4CC[C@H]([C@H]2CO3)N4C(=O)OC(C)(C)C)c2c(F)cccc2c1. The van der Waals surface area contributed by atoms with Gasteiger partial charge in [-0.2, -0.15) is 9.97 Å². The van der Waals surface area contributed by atoms with Gasteiger partial charge in [0.2, 0.25) is 5.88 Å². The Kier molecular flexibility index (Phi) is 8.45. The molecule has 0 spiro atoms. The zero-order chi connectivity index (χ0) is 37.5. The van der Waals surface area contributed by atoms with Crippen molar-refractivity contribution in [2.24, 2.45) is 0 Å². The lowest BCUT2D eigenvalue weighted by Crippen LogP contribution is -2.63. The molecular formula is C39H43F3N6O6. The number of alkyl halides is 1. The maximum atomic E-state index is 17.4. The number of hydrogen-bond acceptors (Lipinski definition) is 11. The van der Waals surface area contributed by atoms with Crippen LogP contribution < -0.4 is 19.1 Å². The molecule has 15 heteroatoms. The van der Waals surface area contributed by atoms with E-state index in [0.717, 1.165) is 25.8 Å². The van der Waals surface area contributed by atoms with Gasteiger partial charge in [0.1, 0.15) is 59.0 Å². The molecule has 12 nitrogen and oxygen atoms in total. The maximum Gasteiger partial charge on any atom is 0.410 e. The average Bonchev–Trinajstić information content (AvgIpc) is 3.73. The Morgan fingerprint density at radius 2 is 1.91 bits per heavy atom. The predicted molar refractivity (Wildman–Crippen MR) is 193 cm³/mol. The van der Waals surface area contributed by atoms with E-state index in [0.29, 0.717) is 42.9 Å². The molecule has 0 unspecified atom stereocenters. The van der Waals surface area contributed by atoms with Crippen molar-refractivity contribution < 1.29 is 41.7 Å². The van der Waals surface area contributed by atoms with E-state index >= 15 is 8.78 Å². The Balaban J connectivity index is 1.19. The normalized spacial score (nSPS) is 26.1. The van der Waals surface area contributed by atoms with Crippen LogP contribution in [0.15, 0.2) is 30.3 Å². The molecule has 0 N–H and O–H groups in total. The van der Waals surface area contributed by atoms with Crippen LogP contribution >= 0.6 is 0 Å². The van der Waals surface area contributed by atoms with Gasteiger partial charge in [-0.05, 0) is 76.6 Å². The molecule has 5 aliphatic heterocycles. The summed E-state index contributed by atoms with van der Waals surface area (Å²) in [7, 11) is 1.48. The minimum absolute atomic E-state index is 0.0705. The van der Waals surface area contributed by atoms with Crippen LogP contribution in [0.1, 0.15) is 52.9 Å². The Labute approximate surface area is 310 Å². The van der Waals surface area contributed by atoms with Crippen molar-refractivity contribution >= 4 is 33.6 Å². The van der Waals surface area contributed by atoms with Gasteiger partial charge in [-0.25, -0.2) is 22.9 Å². The first-order valence-corrected chi connectivity index (χ1v) is 18.6. The molecule has 7 heterocycles. The lowest BCUT2D eigenvalue weighted by atomic mass is 9.95. The molecule has 4 saturated heterocycles. The van der Waals surface area contributed by atoms with Crippen LogP contribution in [-0.2, 0) is 9.47 Å². The van der Waals surface area contributed by atoms with Crippen molar-refractivity contribution in [2.45, 2.75) is 88.3 Å². The fourth-order valence-electron chi connectivity index (χ4n) is 9.31. The van der Waals surface area contributed by atoms with Gasteiger partial charge in [-0.3, -0.25) is 9.80 Å². The van der Waals surface area contributed by atoms with Crippen molar-refractivity contribution in [1.29, 1.82) is 0 Å². The Morgan fingerprint density at radius 3 is 2.72 bits per heavy atom. The zero-order valence-corrected chi connectivity index (χ0v) is 30.7. The first-order valence-electron chi connectivity index (χ1n) is 18.6. The van der Waals surface area contributed by atoms with Crippen LogP contribution in [0.5, 0.6) is 17.6 Å². The second-order valence-corrected chi connectivity index (χ2v) is 16.1. The molecule has 0 aliphatic carbocycles. The Hall–Kier alpha value is -4.63. The molecule has 2 bridgehead atoms. The van der Waals surface area contributed by atoms with Crippen molar-refractivity contribution in [3.63, 3.8) is 0 Å². The monoisotopic (exact) mass is 748 g/mol. The standard InChI is InChI=1S/C39H43F3N6O6/c1-38(2,3)54-37(49)48-23-9-10-27(48)28-18-51-35-30-33(31(42)32(43-35)25-14-24(53-20-50-4)13-21-7-5-8-26(41)29(21)25)44-36(45-34(30)47(28)17-23)52-19-39-11-6-12-46(39)16-22(40)15-39/h5,7-8,13-14,22-23,27-28H,6,9-12,15-20H2,1-4H3/t22-,23+,27-,28-,39-/m1/s1. The fourth-order valence-corrected chi connectivity index (χ4v) is 9.31. The van der Waals surface area contributed by atoms with Gasteiger partial charge in [-0.1, -0.05) is 12.1 Å². The van der Waals surface area contributed by atoms with E-state index in [1.807, 2.05) is 25.7 Å². The van der Waals surface area contributed by atoms with Crippen LogP contribution in [0.4, 0.5) is 23.8 Å². The molecule has 54 heavy (non-hydrogen) atoms. The van der Waals surface area contributed by atoms with Gasteiger partial charge >= 0.3 is 12.1 Å². The maximum absolute atomic E-state index is 17.4. The topological polar surface area (TPSA) is 112 Å². The van der Waals surface area contributed by atoms with Crippen LogP contribution in [0.25, 0.3) is 32.9 Å². The number of benzene rings is 2. The van der Waals surface area contributed by atoms with Gasteiger partial charge in [0.25, 0.3) is 0 Å². The summed E-state index contributed by atoms with van der Waals surface area (Å²) in [6, 6.07) is 6.81. The fraction of sp³-hybridized carbons (Fsp3) is 0.538. The van der Waals surface area contributed by atoms with Crippen LogP contribution in [0.2, 0.25) is 0 Å². The lowest BCUT2D eigenvalue weighted by Gasteiger charge is -2.46. The molecule has 0 saturated carbocycles. The molecule has 2 aromatic carbocycles. The van der Waals surface area contributed by atoms with E-state index in [1.54, 1.807) is 18.2 Å². The Morgan fingerprint density at radius 1 is 1.06 bits per heavy atom. The smallest absolute Gasteiger partial charge is 0.410 e. The number of ether oxygens (including phenoxy) is 5. The van der Waals surface area contributed by atoms with Crippen molar-refractivity contribution in [3.05, 3.63) is 42.0 Å². The van der Waals surface area contributed by atoms with Crippen LogP contribution in [0.3, 0.4) is 0 Å². The first kappa shape index (κ1) is 35.1. The number of hydrogen-bond donors (Lipinski definition) is 0. The average molecular weight is 749 g/mol. The van der Waals surface area contributed by atoms with Gasteiger partial charge in [0.15, 0.2) is 12.6 Å². The molecule has 1 amide bonds. The van der Waals surface area contributed by atoms with Crippen molar-refractivity contribution in [3.8, 4) is 28.9 Å². The van der Waals surface area contributed by atoms with Gasteiger partial charge in [0.05, 0.1) is 23.7 Å². The largest absolute Gasteiger partial charge is 0.475 e. The van der Waals surface area contributed by atoms with E-state index in [9.17, 15) is 9.18 Å². The van der Waals surface area contributed by atoms with Crippen LogP contribution in [-0.4, -0.2) is 113 Å². The number of carbonyl (C=O) groups excluding carboxylic acids is 1. The summed E-state index contributed by atoms with van der Waals surface area (Å²) < 4.78 is 77.2. The summed E-state index contributed by atoms with van der Waals surface area (Å²) >= 11 is 0. The second-order valence-electron chi connectivity index (χ2n) is 16.1. The minimum atomic E-state index is -0.960. The summed E-state index contributed by atoms with van der Waals surface area (Å²) in [5, 5.41) is 0.862. The van der Waals surface area contributed by atoms with Gasteiger partial charge < -0.3 is 28.6 Å². The highest BCUT2D eigenvalue weighted by atomic mass is 19.1. The summed E-state index contributed by atoms with van der Waals surface area (Å²) in [5.74, 6) is -0.626. The highest BCUT2D eigenvalue weighted by Gasteiger charge is 2.52. The number of methoxy groups -OCH3 is 1. The van der Waals surface area contributed by atoms with E-state index in [-0.39, 0.29) is 71.5 Å². The van der Waals surface area contributed by atoms with E-state index < -0.39 is 41.1 Å². The molecule has 4 fully saturated rings. The molecule has 5 aliphatic rings. The molecule has 9 rings (SSSR count). The van der Waals surface area contributed by atoms with E-state index in [1.165, 1.54) is 19.2 Å². The molecule has 5 atom stereocenters. The molecule has 286 valence electrons. The highest BCUT2D eigenvalue weighted by molar-refractivity contribution is 6.02. The quantitative estimate of drug-likeness (QED) is 0.196. The summed E-state index contributed by atoms with van der Waals surface area (Å²) in [6.45, 7) is 7.17.